The number of nitrogens with zero attached hydrogens (tertiary/aromatic N) is 1. The van der Waals surface area contributed by atoms with E-state index in [-0.39, 0.29) is 0 Å². The Morgan fingerprint density at radius 3 is 1.94 bits per heavy atom. The molecule has 1 rings (SSSR count). The molecule has 0 amide bonds. The van der Waals surface area contributed by atoms with Gasteiger partial charge in [0.15, 0.2) is 5.92 Å². The molecule has 0 fully saturated rings. The minimum absolute atomic E-state index is 0.356. The predicted molar refractivity (Wildman–Crippen MR) is 49.5 cm³/mol. The van der Waals surface area contributed by atoms with Crippen molar-refractivity contribution >= 4 is 0 Å². The molecule has 18 heavy (non-hydrogen) atoms. The van der Waals surface area contributed by atoms with Crippen LogP contribution in [0.1, 0.15) is 17.2 Å². The normalized spacial score (nSPS) is 14.9. The van der Waals surface area contributed by atoms with Gasteiger partial charge in [-0.2, -0.15) is 26.3 Å². The molecule has 0 saturated carbocycles. The zero-order valence-electron chi connectivity index (χ0n) is 9.05. The minimum atomic E-state index is -5.58. The Morgan fingerprint density at radius 2 is 1.56 bits per heavy atom. The molecule has 1 N–H and O–H groups in total. The van der Waals surface area contributed by atoms with Gasteiger partial charge in [-0.25, -0.2) is 0 Å². The van der Waals surface area contributed by atoms with Crippen molar-refractivity contribution in [1.29, 1.82) is 0 Å². The Kier molecular flexibility index (Phi) is 3.89. The quantitative estimate of drug-likeness (QED) is 0.839. The van der Waals surface area contributed by atoms with Gasteiger partial charge in [0, 0.05) is 18.0 Å². The average Bonchev–Trinajstić information content (AvgIpc) is 2.12. The number of alkyl halides is 6. The SMILES string of the molecule is Cc1cncc(C(O)C(C(F)(F)F)C(F)(F)F)c1. The molecule has 0 aliphatic heterocycles. The van der Waals surface area contributed by atoms with Gasteiger partial charge >= 0.3 is 12.4 Å². The molecule has 0 spiro atoms. The van der Waals surface area contributed by atoms with E-state index in [1.165, 1.54) is 13.1 Å². The highest BCUT2D eigenvalue weighted by atomic mass is 19.4. The smallest absolute Gasteiger partial charge is 0.387 e. The first-order chi connectivity index (χ1) is 8.03. The highest BCUT2D eigenvalue weighted by Gasteiger charge is 2.60. The molecule has 0 bridgehead atoms. The van der Waals surface area contributed by atoms with Gasteiger partial charge in [0.05, 0.1) is 0 Å². The molecule has 8 heteroatoms. The molecule has 1 atom stereocenters. The van der Waals surface area contributed by atoms with Gasteiger partial charge in [0.1, 0.15) is 6.10 Å². The number of rotatable bonds is 2. The van der Waals surface area contributed by atoms with Crippen LogP contribution in [0.25, 0.3) is 0 Å². The summed E-state index contributed by atoms with van der Waals surface area (Å²) < 4.78 is 74.1. The Labute approximate surface area is 98.3 Å². The van der Waals surface area contributed by atoms with E-state index in [1.54, 1.807) is 0 Å². The lowest BCUT2D eigenvalue weighted by molar-refractivity contribution is -0.307. The van der Waals surface area contributed by atoms with Crippen LogP contribution in [0.5, 0.6) is 0 Å². The molecule has 0 aliphatic rings. The van der Waals surface area contributed by atoms with Crippen molar-refractivity contribution in [2.75, 3.05) is 0 Å². The summed E-state index contributed by atoms with van der Waals surface area (Å²) in [4.78, 5) is 3.46. The van der Waals surface area contributed by atoms with Gasteiger partial charge in [-0.1, -0.05) is 6.07 Å². The third-order valence-corrected chi connectivity index (χ3v) is 2.26. The number of hydrogen-bond acceptors (Lipinski definition) is 2. The van der Waals surface area contributed by atoms with E-state index < -0.39 is 29.9 Å². The summed E-state index contributed by atoms with van der Waals surface area (Å²) in [7, 11) is 0. The third-order valence-electron chi connectivity index (χ3n) is 2.26. The van der Waals surface area contributed by atoms with Crippen LogP contribution in [-0.4, -0.2) is 22.4 Å². The molecule has 102 valence electrons. The van der Waals surface area contributed by atoms with Gasteiger partial charge in [-0.05, 0) is 12.5 Å². The van der Waals surface area contributed by atoms with Crippen LogP contribution in [0.3, 0.4) is 0 Å². The third kappa shape index (κ3) is 3.34. The van der Waals surface area contributed by atoms with Crippen LogP contribution in [0.15, 0.2) is 18.5 Å². The van der Waals surface area contributed by atoms with Crippen LogP contribution in [0.2, 0.25) is 0 Å². The average molecular weight is 273 g/mol. The zero-order valence-corrected chi connectivity index (χ0v) is 9.05. The lowest BCUT2D eigenvalue weighted by atomic mass is 9.95. The molecule has 0 aromatic carbocycles. The van der Waals surface area contributed by atoms with Crippen molar-refractivity contribution in [2.24, 2.45) is 5.92 Å². The topological polar surface area (TPSA) is 33.1 Å². The summed E-state index contributed by atoms with van der Waals surface area (Å²) in [5.41, 5.74) is -0.163. The van der Waals surface area contributed by atoms with E-state index in [4.69, 9.17) is 0 Å². The number of hydrogen-bond donors (Lipinski definition) is 1. The van der Waals surface area contributed by atoms with E-state index in [1.807, 2.05) is 0 Å². The minimum Gasteiger partial charge on any atom is -0.387 e. The predicted octanol–water partition coefficient (Wildman–Crippen LogP) is 3.16. The van der Waals surface area contributed by atoms with Gasteiger partial charge in [0.2, 0.25) is 0 Å². The van der Waals surface area contributed by atoms with Gasteiger partial charge in [-0.15, -0.1) is 0 Å². The molecular weight excluding hydrogens is 264 g/mol. The van der Waals surface area contributed by atoms with E-state index >= 15 is 0 Å². The highest BCUT2D eigenvalue weighted by Crippen LogP contribution is 2.46. The second-order valence-electron chi connectivity index (χ2n) is 3.80. The maximum atomic E-state index is 12.4. The lowest BCUT2D eigenvalue weighted by Crippen LogP contribution is -2.40. The molecule has 1 aromatic heterocycles. The summed E-state index contributed by atoms with van der Waals surface area (Å²) in [5.74, 6) is -3.83. The van der Waals surface area contributed by atoms with Crippen molar-refractivity contribution in [3.05, 3.63) is 29.6 Å². The van der Waals surface area contributed by atoms with Crippen molar-refractivity contribution in [3.8, 4) is 0 Å². The lowest BCUT2D eigenvalue weighted by Gasteiger charge is -2.27. The van der Waals surface area contributed by atoms with Crippen LogP contribution in [0.4, 0.5) is 26.3 Å². The van der Waals surface area contributed by atoms with Crippen molar-refractivity contribution in [3.63, 3.8) is 0 Å². The second-order valence-corrected chi connectivity index (χ2v) is 3.80. The van der Waals surface area contributed by atoms with Gasteiger partial charge in [-0.3, -0.25) is 4.98 Å². The molecule has 0 saturated heterocycles. The fourth-order valence-corrected chi connectivity index (χ4v) is 1.48. The highest BCUT2D eigenvalue weighted by molar-refractivity contribution is 5.20. The van der Waals surface area contributed by atoms with E-state index in [2.05, 4.69) is 4.98 Å². The first kappa shape index (κ1) is 14.7. The monoisotopic (exact) mass is 273 g/mol. The summed E-state index contributed by atoms with van der Waals surface area (Å²) in [6.07, 6.45) is -11.9. The Bertz CT molecular complexity index is 400. The van der Waals surface area contributed by atoms with Crippen LogP contribution < -0.4 is 0 Å². The first-order valence-electron chi connectivity index (χ1n) is 4.76. The van der Waals surface area contributed by atoms with Gasteiger partial charge < -0.3 is 5.11 Å². The second kappa shape index (κ2) is 4.75. The van der Waals surface area contributed by atoms with E-state index in [9.17, 15) is 31.4 Å². The summed E-state index contributed by atoms with van der Waals surface area (Å²) in [6, 6.07) is 1.03. The number of aryl methyl sites for hydroxylation is 1. The van der Waals surface area contributed by atoms with Crippen molar-refractivity contribution in [2.45, 2.75) is 25.4 Å². The number of halogens is 6. The summed E-state index contributed by atoms with van der Waals surface area (Å²) >= 11 is 0. The Balaban J connectivity index is 3.15. The molecule has 0 radical (unpaired) electrons. The van der Waals surface area contributed by atoms with Crippen LogP contribution in [-0.2, 0) is 0 Å². The van der Waals surface area contributed by atoms with Crippen molar-refractivity contribution in [1.82, 2.24) is 4.98 Å². The Hall–Kier alpha value is -1.31. The maximum absolute atomic E-state index is 12.4. The van der Waals surface area contributed by atoms with E-state index in [0.29, 0.717) is 5.56 Å². The fourth-order valence-electron chi connectivity index (χ4n) is 1.48. The standard InChI is InChI=1S/C10H9F6NO/c1-5-2-6(4-17-3-5)7(18)8(9(11,12)13)10(14,15)16/h2-4,7-8,18H,1H3. The molecule has 1 unspecified atom stereocenters. The molecular formula is C10H9F6NO. The number of aliphatic hydroxyl groups is 1. The number of aromatic nitrogens is 1. The zero-order chi connectivity index (χ0) is 14.1. The molecule has 1 aromatic rings. The first-order valence-corrected chi connectivity index (χ1v) is 4.76. The fraction of sp³-hybridized carbons (Fsp3) is 0.500. The van der Waals surface area contributed by atoms with Gasteiger partial charge in [0.25, 0.3) is 0 Å². The summed E-state index contributed by atoms with van der Waals surface area (Å²) in [6.45, 7) is 1.44. The number of pyridine rings is 1. The number of aliphatic hydroxyl groups excluding tert-OH is 1. The largest absolute Gasteiger partial charge is 0.403 e. The Morgan fingerprint density at radius 1 is 1.06 bits per heavy atom. The molecule has 2 nitrogen and oxygen atoms in total. The van der Waals surface area contributed by atoms with E-state index in [0.717, 1.165) is 12.3 Å². The maximum Gasteiger partial charge on any atom is 0.403 e. The molecule has 1 heterocycles. The van der Waals surface area contributed by atoms with Crippen molar-refractivity contribution < 1.29 is 31.4 Å². The van der Waals surface area contributed by atoms with Crippen LogP contribution in [0, 0.1) is 12.8 Å². The van der Waals surface area contributed by atoms with Crippen LogP contribution >= 0.6 is 0 Å². The molecule has 0 aliphatic carbocycles. The summed E-state index contributed by atoms with van der Waals surface area (Å²) in [5, 5.41) is 9.30.